The van der Waals surface area contributed by atoms with Crippen molar-refractivity contribution >= 4 is 29.4 Å². The van der Waals surface area contributed by atoms with Gasteiger partial charge in [-0.25, -0.2) is 14.6 Å². The molecule has 2 amide bonds. The maximum Gasteiger partial charge on any atom is 0.310 e. The first-order valence-electron chi connectivity index (χ1n) is 14.3. The molecule has 5 N–H and O–H groups in total. The smallest absolute Gasteiger partial charge is 0.310 e. The van der Waals surface area contributed by atoms with E-state index < -0.39 is 48.1 Å². The van der Waals surface area contributed by atoms with Crippen LogP contribution in [0.5, 0.6) is 5.75 Å². The summed E-state index contributed by atoms with van der Waals surface area (Å²) >= 11 is 6.62. The van der Waals surface area contributed by atoms with Crippen molar-refractivity contribution < 1.29 is 33.0 Å². The van der Waals surface area contributed by atoms with Crippen molar-refractivity contribution in [2.24, 2.45) is 22.9 Å². The second-order valence-corrected chi connectivity index (χ2v) is 12.3. The molecule has 232 valence electrons. The van der Waals surface area contributed by atoms with E-state index in [0.29, 0.717) is 61.4 Å². The maximum absolute atomic E-state index is 14.1. The van der Waals surface area contributed by atoms with Crippen molar-refractivity contribution in [3.8, 4) is 5.75 Å². The molecule has 2 fully saturated rings. The van der Waals surface area contributed by atoms with Crippen molar-refractivity contribution in [2.45, 2.75) is 77.8 Å². The zero-order valence-electron chi connectivity index (χ0n) is 24.2. The number of carbonyl (C=O) groups is 3. The Hall–Kier alpha value is -3.12. The predicted molar refractivity (Wildman–Crippen MR) is 152 cm³/mol. The number of carboxylic acids is 1. The van der Waals surface area contributed by atoms with Gasteiger partial charge in [0.2, 0.25) is 11.8 Å². The Kier molecular flexibility index (Phi) is 9.56. The topological polar surface area (TPSA) is 142 Å². The molecule has 0 bridgehead atoms. The molecule has 1 aromatic rings. The molecular formula is C29H40ClF2N5O5. The number of benzene rings is 1. The van der Waals surface area contributed by atoms with E-state index in [9.17, 15) is 28.3 Å². The lowest BCUT2D eigenvalue weighted by atomic mass is 9.78. The van der Waals surface area contributed by atoms with Gasteiger partial charge in [0.25, 0.3) is 6.43 Å². The maximum atomic E-state index is 14.1. The third-order valence-corrected chi connectivity index (χ3v) is 9.27. The van der Waals surface area contributed by atoms with Crippen LogP contribution in [0.3, 0.4) is 0 Å². The highest BCUT2D eigenvalue weighted by Crippen LogP contribution is 2.47. The Bertz CT molecular complexity index is 1260. The summed E-state index contributed by atoms with van der Waals surface area (Å²) in [7, 11) is 0. The number of carbonyl (C=O) groups excluding carboxylic acids is 2. The lowest BCUT2D eigenvalue weighted by molar-refractivity contribution is -0.157. The molecule has 1 saturated carbocycles. The fraction of sp³-hybridized carbons (Fsp3) is 0.621. The van der Waals surface area contributed by atoms with Gasteiger partial charge in [0, 0.05) is 42.7 Å². The molecule has 1 aliphatic carbocycles. The molecule has 2 heterocycles. The average Bonchev–Trinajstić information content (AvgIpc) is 3.53. The van der Waals surface area contributed by atoms with Crippen LogP contribution in [0.4, 0.5) is 8.78 Å². The number of alkyl halides is 2. The van der Waals surface area contributed by atoms with Crippen LogP contribution in [-0.2, 0) is 20.8 Å². The first-order valence-corrected chi connectivity index (χ1v) is 14.7. The second-order valence-electron chi connectivity index (χ2n) is 11.8. The summed E-state index contributed by atoms with van der Waals surface area (Å²) in [4.78, 5) is 42.4. The number of fused-ring (bicyclic) bond motifs is 1. The fourth-order valence-corrected chi connectivity index (χ4v) is 6.67. The molecule has 2 aliphatic heterocycles. The number of likely N-dealkylation sites (tertiary alicyclic amines) is 1. The number of nitrogens with zero attached hydrogens (tertiary/aromatic N) is 3. The van der Waals surface area contributed by atoms with E-state index in [-0.39, 0.29) is 30.6 Å². The third-order valence-electron chi connectivity index (χ3n) is 8.92. The minimum Gasteiger partial charge on any atom is -0.487 e. The molecule has 42 heavy (non-hydrogen) atoms. The second kappa shape index (κ2) is 12.6. The van der Waals surface area contributed by atoms with Crippen LogP contribution in [0.2, 0.25) is 5.02 Å². The number of halogens is 3. The third kappa shape index (κ3) is 6.01. The summed E-state index contributed by atoms with van der Waals surface area (Å²) in [6, 6.07) is 2.12. The summed E-state index contributed by atoms with van der Waals surface area (Å²) < 4.78 is 33.8. The van der Waals surface area contributed by atoms with Gasteiger partial charge in [-0.05, 0) is 64.2 Å². The van der Waals surface area contributed by atoms with E-state index in [2.05, 4.69) is 0 Å². The van der Waals surface area contributed by atoms with Gasteiger partial charge in [0.05, 0.1) is 23.1 Å². The van der Waals surface area contributed by atoms with Gasteiger partial charge in [-0.2, -0.15) is 0 Å². The fourth-order valence-electron chi connectivity index (χ4n) is 6.41. The molecule has 0 aromatic heterocycles. The van der Waals surface area contributed by atoms with Crippen molar-refractivity contribution in [2.75, 3.05) is 26.2 Å². The van der Waals surface area contributed by atoms with E-state index in [0.717, 1.165) is 10.6 Å². The highest BCUT2D eigenvalue weighted by atomic mass is 35.5. The van der Waals surface area contributed by atoms with Gasteiger partial charge in [0.1, 0.15) is 18.1 Å². The lowest BCUT2D eigenvalue weighted by Gasteiger charge is -2.42. The molecule has 1 saturated heterocycles. The van der Waals surface area contributed by atoms with Gasteiger partial charge in [-0.3, -0.25) is 14.4 Å². The van der Waals surface area contributed by atoms with Crippen LogP contribution in [-0.4, -0.2) is 76.4 Å². The van der Waals surface area contributed by atoms with Crippen molar-refractivity contribution in [3.63, 3.8) is 0 Å². The standard InChI is InChI=1S/C29H40ClF2N5O5/c1-16(2)37(34)25(26(31)32)20(33)15-42-22-9-8-19(30)17-10-13-36(21(24(17)22)14-35-12-5-7-23(35)38)27(39)18-6-4-11-29(18,3)28(40)41/h8-9,16,18,21,26H,4-7,10-15,33-34H2,1-3H3,(H,40,41)/b25-20-/t18-,21?,29-/m0/s1. The molecule has 0 spiro atoms. The number of amides is 2. The van der Waals surface area contributed by atoms with Gasteiger partial charge < -0.3 is 30.4 Å². The van der Waals surface area contributed by atoms with Gasteiger partial charge in [0.15, 0.2) is 0 Å². The summed E-state index contributed by atoms with van der Waals surface area (Å²) in [5, 5.41) is 11.3. The van der Waals surface area contributed by atoms with Crippen LogP contribution >= 0.6 is 11.6 Å². The normalized spacial score (nSPS) is 24.7. The van der Waals surface area contributed by atoms with Crippen molar-refractivity contribution in [1.29, 1.82) is 0 Å². The van der Waals surface area contributed by atoms with Crippen molar-refractivity contribution in [3.05, 3.63) is 39.7 Å². The number of allylic oxidation sites excluding steroid dienone is 1. The molecular weight excluding hydrogens is 572 g/mol. The Morgan fingerprint density at radius 3 is 2.55 bits per heavy atom. The van der Waals surface area contributed by atoms with Crippen LogP contribution < -0.4 is 16.3 Å². The number of hydrogen-bond acceptors (Lipinski definition) is 7. The van der Waals surface area contributed by atoms with E-state index in [1.165, 1.54) is 0 Å². The minimum atomic E-state index is -2.93. The molecule has 3 aliphatic rings. The number of hydrogen-bond donors (Lipinski definition) is 3. The lowest BCUT2D eigenvalue weighted by Crippen LogP contribution is -2.50. The molecule has 1 unspecified atom stereocenters. The summed E-state index contributed by atoms with van der Waals surface area (Å²) in [6.45, 7) is 5.49. The van der Waals surface area contributed by atoms with Crippen LogP contribution in [0, 0.1) is 11.3 Å². The molecule has 3 atom stereocenters. The number of aliphatic carboxylic acids is 1. The number of ether oxygens (including phenoxy) is 1. The zero-order valence-corrected chi connectivity index (χ0v) is 25.0. The molecule has 13 heteroatoms. The summed E-state index contributed by atoms with van der Waals surface area (Å²) in [5.41, 5.74) is 5.37. The summed E-state index contributed by atoms with van der Waals surface area (Å²) in [5.74, 6) is 4.08. The average molecular weight is 612 g/mol. The minimum absolute atomic E-state index is 0.0410. The van der Waals surface area contributed by atoms with Crippen LogP contribution in [0.1, 0.15) is 70.0 Å². The number of nitrogens with two attached hydrogens (primary N) is 2. The highest BCUT2D eigenvalue weighted by Gasteiger charge is 2.51. The predicted octanol–water partition coefficient (Wildman–Crippen LogP) is 3.68. The highest BCUT2D eigenvalue weighted by molar-refractivity contribution is 6.31. The monoisotopic (exact) mass is 611 g/mol. The Labute approximate surface area is 249 Å². The number of carboxylic acid groups (broad SMARTS) is 1. The Balaban J connectivity index is 1.74. The largest absolute Gasteiger partial charge is 0.487 e. The van der Waals surface area contributed by atoms with Crippen LogP contribution in [0.25, 0.3) is 0 Å². The number of rotatable bonds is 10. The quantitative estimate of drug-likeness (QED) is 0.269. The van der Waals surface area contributed by atoms with Gasteiger partial charge in [-0.15, -0.1) is 0 Å². The van der Waals surface area contributed by atoms with Gasteiger partial charge in [-0.1, -0.05) is 18.0 Å². The van der Waals surface area contributed by atoms with E-state index in [4.69, 9.17) is 27.9 Å². The first-order chi connectivity index (χ1) is 19.8. The van der Waals surface area contributed by atoms with Gasteiger partial charge >= 0.3 is 5.97 Å². The first kappa shape index (κ1) is 31.8. The Morgan fingerprint density at radius 1 is 1.24 bits per heavy atom. The van der Waals surface area contributed by atoms with E-state index >= 15 is 0 Å². The molecule has 4 rings (SSSR count). The molecule has 1 aromatic carbocycles. The van der Waals surface area contributed by atoms with Crippen molar-refractivity contribution in [1.82, 2.24) is 14.8 Å². The molecule has 0 radical (unpaired) electrons. The number of hydrazine groups is 1. The van der Waals surface area contributed by atoms with E-state index in [1.807, 2.05) is 0 Å². The van der Waals surface area contributed by atoms with E-state index in [1.54, 1.807) is 42.7 Å². The zero-order chi connectivity index (χ0) is 30.9. The molecule has 10 nitrogen and oxygen atoms in total. The summed E-state index contributed by atoms with van der Waals surface area (Å²) in [6.07, 6.45) is -0.0181. The van der Waals surface area contributed by atoms with Crippen LogP contribution in [0.15, 0.2) is 23.5 Å². The Morgan fingerprint density at radius 2 is 1.95 bits per heavy atom. The SMILES string of the molecule is CC(C)N(N)/C(=C(\N)COc1ccc(Cl)c2c1C(CN1CCCC1=O)N(C(=O)[C@@H]1CCC[C@]1(C)C(=O)O)CC2)C(F)F.